The summed E-state index contributed by atoms with van der Waals surface area (Å²) in [5.41, 5.74) is 2.68. The van der Waals surface area contributed by atoms with Crippen LogP contribution in [-0.4, -0.2) is 32.2 Å². The Morgan fingerprint density at radius 2 is 1.68 bits per heavy atom. The van der Waals surface area contributed by atoms with Crippen molar-refractivity contribution in [3.63, 3.8) is 0 Å². The predicted molar refractivity (Wildman–Crippen MR) is 118 cm³/mol. The second-order valence-electron chi connectivity index (χ2n) is 6.19. The van der Waals surface area contributed by atoms with Gasteiger partial charge in [-0.15, -0.1) is 0 Å². The molecule has 0 atom stereocenters. The van der Waals surface area contributed by atoms with Gasteiger partial charge in [-0.05, 0) is 54.3 Å². The summed E-state index contributed by atoms with van der Waals surface area (Å²) in [6.45, 7) is 3.64. The highest BCUT2D eigenvalue weighted by Crippen LogP contribution is 2.29. The molecule has 28 heavy (non-hydrogen) atoms. The van der Waals surface area contributed by atoms with E-state index in [0.29, 0.717) is 0 Å². The molecule has 2 rings (SSSR count). The van der Waals surface area contributed by atoms with Crippen LogP contribution in [0.25, 0.3) is 0 Å². The SMILES string of the molecule is CCc1cc(Br)cc(CC)c1NC(=O)CN(C)S(=O)(=O)c1cc(Cl)ccc1Cl. The molecule has 2 aromatic rings. The second-order valence-corrected chi connectivity index (χ2v) is 9.96. The topological polar surface area (TPSA) is 66.5 Å². The van der Waals surface area contributed by atoms with Crippen molar-refractivity contribution in [1.82, 2.24) is 4.31 Å². The maximum absolute atomic E-state index is 12.8. The highest BCUT2D eigenvalue weighted by Gasteiger charge is 2.26. The first-order valence-corrected chi connectivity index (χ1v) is 11.6. The molecule has 1 N–H and O–H groups in total. The normalized spacial score (nSPS) is 11.7. The molecule has 1 amide bonds. The third kappa shape index (κ3) is 5.27. The number of nitrogens with zero attached hydrogens (tertiary/aromatic N) is 1. The number of benzene rings is 2. The van der Waals surface area contributed by atoms with Crippen LogP contribution in [0.5, 0.6) is 0 Å². The van der Waals surface area contributed by atoms with E-state index >= 15 is 0 Å². The minimum Gasteiger partial charge on any atom is -0.324 e. The van der Waals surface area contributed by atoms with Crippen LogP contribution in [0.1, 0.15) is 25.0 Å². The number of anilines is 1. The van der Waals surface area contributed by atoms with E-state index in [4.69, 9.17) is 23.2 Å². The molecule has 0 fully saturated rings. The molecule has 0 saturated heterocycles. The molecule has 0 radical (unpaired) electrons. The summed E-state index contributed by atoms with van der Waals surface area (Å²) in [7, 11) is -2.64. The fraction of sp³-hybridized carbons (Fsp3) is 0.316. The first-order valence-electron chi connectivity index (χ1n) is 8.62. The summed E-state index contributed by atoms with van der Waals surface area (Å²) < 4.78 is 27.5. The molecule has 0 aliphatic rings. The number of halogens is 3. The maximum atomic E-state index is 12.8. The van der Waals surface area contributed by atoms with Crippen LogP contribution in [0, 0.1) is 0 Å². The molecule has 0 saturated carbocycles. The van der Waals surface area contributed by atoms with Crippen molar-refractivity contribution in [1.29, 1.82) is 0 Å². The molecule has 0 spiro atoms. The van der Waals surface area contributed by atoms with Gasteiger partial charge in [-0.1, -0.05) is 53.0 Å². The van der Waals surface area contributed by atoms with Crippen LogP contribution in [0.2, 0.25) is 10.0 Å². The highest BCUT2D eigenvalue weighted by molar-refractivity contribution is 9.10. The molecule has 0 unspecified atom stereocenters. The Labute approximate surface area is 184 Å². The van der Waals surface area contributed by atoms with E-state index < -0.39 is 15.9 Å². The summed E-state index contributed by atoms with van der Waals surface area (Å²) in [6.07, 6.45) is 1.46. The number of sulfonamides is 1. The number of carbonyl (C=O) groups is 1. The number of hydrogen-bond donors (Lipinski definition) is 1. The Morgan fingerprint density at radius 3 is 2.21 bits per heavy atom. The molecule has 0 aromatic heterocycles. The average Bonchev–Trinajstić information content (AvgIpc) is 2.64. The molecule has 9 heteroatoms. The third-order valence-corrected chi connectivity index (χ3v) is 7.22. The van der Waals surface area contributed by atoms with Gasteiger partial charge < -0.3 is 5.32 Å². The standard InChI is InChI=1S/C19H21BrCl2N2O3S/c1-4-12-8-14(20)9-13(5-2)19(12)23-18(25)11-24(3)28(26,27)17-10-15(21)6-7-16(17)22/h6-10H,4-5,11H2,1-3H3,(H,23,25). The fourth-order valence-corrected chi connectivity index (χ4v) is 5.17. The van der Waals surface area contributed by atoms with Gasteiger partial charge in [0, 0.05) is 22.2 Å². The smallest absolute Gasteiger partial charge is 0.244 e. The van der Waals surface area contributed by atoms with Crippen molar-refractivity contribution in [2.24, 2.45) is 0 Å². The van der Waals surface area contributed by atoms with Crippen molar-refractivity contribution < 1.29 is 13.2 Å². The zero-order chi connectivity index (χ0) is 21.1. The Morgan fingerprint density at radius 1 is 1.11 bits per heavy atom. The zero-order valence-corrected chi connectivity index (χ0v) is 19.6. The van der Waals surface area contributed by atoms with Gasteiger partial charge in [0.05, 0.1) is 11.6 Å². The van der Waals surface area contributed by atoms with Gasteiger partial charge in [-0.3, -0.25) is 4.79 Å². The maximum Gasteiger partial charge on any atom is 0.244 e. The number of carbonyl (C=O) groups excluding carboxylic acids is 1. The van der Waals surface area contributed by atoms with Crippen LogP contribution >= 0.6 is 39.1 Å². The van der Waals surface area contributed by atoms with Gasteiger partial charge in [0.15, 0.2) is 0 Å². The number of amides is 1. The summed E-state index contributed by atoms with van der Waals surface area (Å²) in [6, 6.07) is 8.07. The van der Waals surface area contributed by atoms with Crippen molar-refractivity contribution in [2.45, 2.75) is 31.6 Å². The number of aryl methyl sites for hydroxylation is 2. The van der Waals surface area contributed by atoms with Crippen molar-refractivity contribution >= 4 is 60.7 Å². The molecular formula is C19H21BrCl2N2O3S. The van der Waals surface area contributed by atoms with E-state index in [9.17, 15) is 13.2 Å². The van der Waals surface area contributed by atoms with Gasteiger partial charge in [0.2, 0.25) is 15.9 Å². The number of rotatable bonds is 7. The second kappa shape index (κ2) is 9.59. The molecule has 0 aliphatic carbocycles. The summed E-state index contributed by atoms with van der Waals surface area (Å²) >= 11 is 15.4. The largest absolute Gasteiger partial charge is 0.324 e. The Balaban J connectivity index is 2.25. The number of hydrogen-bond acceptors (Lipinski definition) is 3. The van der Waals surface area contributed by atoms with Crippen LogP contribution in [0.3, 0.4) is 0 Å². The minimum atomic E-state index is -3.97. The van der Waals surface area contributed by atoms with Crippen LogP contribution in [0.15, 0.2) is 39.7 Å². The summed E-state index contributed by atoms with van der Waals surface area (Å²) in [4.78, 5) is 12.5. The number of likely N-dealkylation sites (N-methyl/N-ethyl adjacent to an activating group) is 1. The van der Waals surface area contributed by atoms with Crippen LogP contribution < -0.4 is 5.32 Å². The van der Waals surface area contributed by atoms with Crippen molar-refractivity contribution in [2.75, 3.05) is 18.9 Å². The highest BCUT2D eigenvalue weighted by atomic mass is 79.9. The Hall–Kier alpha value is -1.12. The van der Waals surface area contributed by atoms with E-state index in [-0.39, 0.29) is 21.5 Å². The van der Waals surface area contributed by atoms with E-state index in [1.54, 1.807) is 0 Å². The van der Waals surface area contributed by atoms with Gasteiger partial charge in [0.1, 0.15) is 4.90 Å². The Bertz CT molecular complexity index is 972. The lowest BCUT2D eigenvalue weighted by atomic mass is 10.0. The first-order chi connectivity index (χ1) is 13.1. The van der Waals surface area contributed by atoms with E-state index in [1.807, 2.05) is 26.0 Å². The van der Waals surface area contributed by atoms with Crippen LogP contribution in [0.4, 0.5) is 5.69 Å². The van der Waals surface area contributed by atoms with Gasteiger partial charge in [-0.25, -0.2) is 8.42 Å². The Kier molecular flexibility index (Phi) is 7.93. The fourth-order valence-electron chi connectivity index (χ4n) is 2.75. The van der Waals surface area contributed by atoms with Crippen molar-refractivity contribution in [3.05, 3.63) is 56.0 Å². The lowest BCUT2D eigenvalue weighted by Crippen LogP contribution is -2.35. The molecule has 0 aliphatic heterocycles. The van der Waals surface area contributed by atoms with Gasteiger partial charge in [0.25, 0.3) is 0 Å². The molecular weight excluding hydrogens is 487 g/mol. The summed E-state index contributed by atoms with van der Waals surface area (Å²) in [5.74, 6) is -0.434. The molecule has 5 nitrogen and oxygen atoms in total. The lowest BCUT2D eigenvalue weighted by Gasteiger charge is -2.20. The molecule has 2 aromatic carbocycles. The minimum absolute atomic E-state index is 0.0473. The average molecular weight is 508 g/mol. The summed E-state index contributed by atoms with van der Waals surface area (Å²) in [5, 5.41) is 3.16. The monoisotopic (exact) mass is 506 g/mol. The first kappa shape index (κ1) is 23.2. The predicted octanol–water partition coefficient (Wildman–Crippen LogP) is 5.14. The van der Waals surface area contributed by atoms with E-state index in [1.165, 1.54) is 25.2 Å². The zero-order valence-electron chi connectivity index (χ0n) is 15.7. The van der Waals surface area contributed by atoms with Crippen LogP contribution in [-0.2, 0) is 27.7 Å². The lowest BCUT2D eigenvalue weighted by molar-refractivity contribution is -0.116. The molecule has 0 heterocycles. The van der Waals surface area contributed by atoms with Gasteiger partial charge in [-0.2, -0.15) is 4.31 Å². The third-order valence-electron chi connectivity index (χ3n) is 4.24. The van der Waals surface area contributed by atoms with E-state index in [2.05, 4.69) is 21.2 Å². The molecule has 152 valence electrons. The molecule has 0 bridgehead atoms. The quantitative estimate of drug-likeness (QED) is 0.564. The van der Waals surface area contributed by atoms with Crippen molar-refractivity contribution in [3.8, 4) is 0 Å². The van der Waals surface area contributed by atoms with Gasteiger partial charge >= 0.3 is 0 Å². The number of nitrogens with one attached hydrogen (secondary N) is 1. The van der Waals surface area contributed by atoms with E-state index in [0.717, 1.165) is 38.4 Å².